The summed E-state index contributed by atoms with van der Waals surface area (Å²) in [6.07, 6.45) is 1.53. The molecule has 0 heterocycles. The average molecular weight is 722 g/mol. The maximum absolute atomic E-state index is 13.6. The van der Waals surface area contributed by atoms with Gasteiger partial charge in [-0.3, -0.25) is 14.4 Å². The summed E-state index contributed by atoms with van der Waals surface area (Å²) >= 11 is 7.54. The lowest BCUT2D eigenvalue weighted by atomic mass is 10.1. The predicted octanol–water partition coefficient (Wildman–Crippen LogP) is 7.94. The predicted molar refractivity (Wildman–Crippen MR) is 199 cm³/mol. The second kappa shape index (κ2) is 17.1. The first kappa shape index (κ1) is 36.2. The number of rotatable bonds is 13. The number of amides is 3. The van der Waals surface area contributed by atoms with Gasteiger partial charge in [0.25, 0.3) is 11.8 Å². The van der Waals surface area contributed by atoms with Crippen molar-refractivity contribution in [2.75, 3.05) is 24.9 Å². The standard InChI is InChI=1S/C39H32ClN3O7S/c1-49-33-20-13-24(22-34(33)50-2)21-32(43-36(44)26-11-7-4-8-12-26)37(45)41-28-15-17-29(18-16-28)51-35(25-9-5-3-6-10-25)38(46)42-31-23-27(39(47)48)14-19-30(31)40/h3-23,35H,1-2H3,(H,41,45)(H,42,46)(H,43,44)(H,47,48)/b32-21-. The first-order chi connectivity index (χ1) is 24.6. The van der Waals surface area contributed by atoms with Crippen molar-refractivity contribution in [3.05, 3.63) is 154 Å². The molecule has 258 valence electrons. The van der Waals surface area contributed by atoms with Gasteiger partial charge < -0.3 is 30.5 Å². The quantitative estimate of drug-likeness (QED) is 0.0709. The molecule has 1 unspecified atom stereocenters. The van der Waals surface area contributed by atoms with Gasteiger partial charge >= 0.3 is 5.97 Å². The average Bonchev–Trinajstić information content (AvgIpc) is 3.15. The van der Waals surface area contributed by atoms with Gasteiger partial charge in [0.2, 0.25) is 5.91 Å². The van der Waals surface area contributed by atoms with E-state index in [1.165, 1.54) is 50.3 Å². The number of thioether (sulfide) groups is 1. The Bertz CT molecular complexity index is 2070. The topological polar surface area (TPSA) is 143 Å². The largest absolute Gasteiger partial charge is 0.493 e. The van der Waals surface area contributed by atoms with Gasteiger partial charge in [-0.2, -0.15) is 0 Å². The highest BCUT2D eigenvalue weighted by atomic mass is 35.5. The maximum Gasteiger partial charge on any atom is 0.335 e. The Kier molecular flexibility index (Phi) is 12.1. The molecule has 5 aromatic carbocycles. The number of carboxylic acids is 1. The highest BCUT2D eigenvalue weighted by Gasteiger charge is 2.24. The molecule has 5 aromatic rings. The Labute approximate surface area is 303 Å². The second-order valence-corrected chi connectivity index (χ2v) is 12.5. The molecule has 0 radical (unpaired) electrons. The minimum atomic E-state index is -1.15. The van der Waals surface area contributed by atoms with Gasteiger partial charge in [0.15, 0.2) is 11.5 Å². The zero-order chi connectivity index (χ0) is 36.3. The van der Waals surface area contributed by atoms with Crippen molar-refractivity contribution in [2.24, 2.45) is 0 Å². The molecule has 0 saturated heterocycles. The van der Waals surface area contributed by atoms with Crippen molar-refractivity contribution in [1.82, 2.24) is 5.32 Å². The smallest absolute Gasteiger partial charge is 0.335 e. The minimum Gasteiger partial charge on any atom is -0.493 e. The lowest BCUT2D eigenvalue weighted by Gasteiger charge is -2.18. The normalized spacial score (nSPS) is 11.5. The Hall–Kier alpha value is -6.04. The molecule has 5 rings (SSSR count). The van der Waals surface area contributed by atoms with Crippen LogP contribution < -0.4 is 25.4 Å². The number of hydrogen-bond acceptors (Lipinski definition) is 7. The van der Waals surface area contributed by atoms with Crippen LogP contribution in [0.4, 0.5) is 11.4 Å². The van der Waals surface area contributed by atoms with Gasteiger partial charge in [0.05, 0.1) is 30.5 Å². The first-order valence-electron chi connectivity index (χ1n) is 15.4. The summed E-state index contributed by atoms with van der Waals surface area (Å²) < 4.78 is 10.7. The number of hydrogen-bond donors (Lipinski definition) is 4. The van der Waals surface area contributed by atoms with Crippen LogP contribution in [0.15, 0.2) is 132 Å². The van der Waals surface area contributed by atoms with Gasteiger partial charge in [-0.15, -0.1) is 11.8 Å². The minimum absolute atomic E-state index is 0.0130. The van der Waals surface area contributed by atoms with Gasteiger partial charge in [0.1, 0.15) is 10.9 Å². The first-order valence-corrected chi connectivity index (χ1v) is 16.7. The third-order valence-electron chi connectivity index (χ3n) is 7.43. The third kappa shape index (κ3) is 9.56. The highest BCUT2D eigenvalue weighted by molar-refractivity contribution is 8.00. The fourth-order valence-corrected chi connectivity index (χ4v) is 6.05. The molecule has 0 aromatic heterocycles. The molecule has 0 aliphatic heterocycles. The van der Waals surface area contributed by atoms with Gasteiger partial charge in [-0.1, -0.05) is 66.2 Å². The van der Waals surface area contributed by atoms with E-state index in [0.29, 0.717) is 38.8 Å². The molecule has 10 nitrogen and oxygen atoms in total. The van der Waals surface area contributed by atoms with E-state index in [4.69, 9.17) is 21.1 Å². The number of benzene rings is 5. The molecular formula is C39H32ClN3O7S. The summed E-state index contributed by atoms with van der Waals surface area (Å²) in [6.45, 7) is 0. The van der Waals surface area contributed by atoms with Crippen LogP contribution in [0.2, 0.25) is 5.02 Å². The molecule has 12 heteroatoms. The molecule has 0 spiro atoms. The van der Waals surface area contributed by atoms with E-state index in [0.717, 1.165) is 0 Å². The molecule has 0 aliphatic carbocycles. The number of ether oxygens (including phenoxy) is 2. The molecule has 3 amide bonds. The molecule has 0 aliphatic rings. The summed E-state index contributed by atoms with van der Waals surface area (Å²) in [6, 6.07) is 33.7. The van der Waals surface area contributed by atoms with E-state index in [-0.39, 0.29) is 22.0 Å². The van der Waals surface area contributed by atoms with Crippen LogP contribution in [-0.4, -0.2) is 43.0 Å². The van der Waals surface area contributed by atoms with E-state index in [1.807, 2.05) is 30.3 Å². The lowest BCUT2D eigenvalue weighted by Crippen LogP contribution is -2.30. The summed E-state index contributed by atoms with van der Waals surface area (Å²) in [5.74, 6) is -1.64. The van der Waals surface area contributed by atoms with Crippen LogP contribution in [0.1, 0.15) is 37.1 Å². The van der Waals surface area contributed by atoms with E-state index in [2.05, 4.69) is 16.0 Å². The SMILES string of the molecule is COc1ccc(/C=C(\NC(=O)c2ccccc2)C(=O)Nc2ccc(SC(C(=O)Nc3cc(C(=O)O)ccc3Cl)c3ccccc3)cc2)cc1OC. The van der Waals surface area contributed by atoms with Crippen molar-refractivity contribution >= 4 is 64.5 Å². The second-order valence-electron chi connectivity index (χ2n) is 10.9. The number of aromatic carboxylic acids is 1. The molecule has 51 heavy (non-hydrogen) atoms. The molecular weight excluding hydrogens is 690 g/mol. The van der Waals surface area contributed by atoms with Crippen molar-refractivity contribution in [2.45, 2.75) is 10.1 Å². The van der Waals surface area contributed by atoms with E-state index >= 15 is 0 Å². The molecule has 0 bridgehead atoms. The zero-order valence-corrected chi connectivity index (χ0v) is 29.0. The number of carbonyl (C=O) groups excluding carboxylic acids is 3. The summed E-state index contributed by atoms with van der Waals surface area (Å²) in [4.78, 5) is 52.5. The molecule has 0 fully saturated rings. The Morgan fingerprint density at radius 2 is 1.41 bits per heavy atom. The number of halogens is 1. The number of nitrogens with one attached hydrogen (secondary N) is 3. The van der Waals surface area contributed by atoms with Gasteiger partial charge in [-0.05, 0) is 83.9 Å². The summed E-state index contributed by atoms with van der Waals surface area (Å²) in [5.41, 5.74) is 2.25. The maximum atomic E-state index is 13.6. The Morgan fingerprint density at radius 1 is 0.745 bits per heavy atom. The monoisotopic (exact) mass is 721 g/mol. The van der Waals surface area contributed by atoms with Gasteiger partial charge in [-0.25, -0.2) is 4.79 Å². The van der Waals surface area contributed by atoms with Crippen molar-refractivity contribution in [1.29, 1.82) is 0 Å². The molecule has 1 atom stereocenters. The van der Waals surface area contributed by atoms with E-state index in [9.17, 15) is 24.3 Å². The van der Waals surface area contributed by atoms with E-state index in [1.54, 1.807) is 72.8 Å². The summed E-state index contributed by atoms with van der Waals surface area (Å²) in [7, 11) is 3.02. The molecule has 4 N–H and O–H groups in total. The van der Waals surface area contributed by atoms with E-state index < -0.39 is 28.9 Å². The van der Waals surface area contributed by atoms with Crippen LogP contribution >= 0.6 is 23.4 Å². The highest BCUT2D eigenvalue weighted by Crippen LogP contribution is 2.37. The number of methoxy groups -OCH3 is 2. The lowest BCUT2D eigenvalue weighted by molar-refractivity contribution is -0.116. The fourth-order valence-electron chi connectivity index (χ4n) is 4.86. The number of anilines is 2. The van der Waals surface area contributed by atoms with Crippen molar-refractivity contribution in [3.63, 3.8) is 0 Å². The Balaban J connectivity index is 1.36. The number of carboxylic acid groups (broad SMARTS) is 1. The van der Waals surface area contributed by atoms with Crippen molar-refractivity contribution in [3.8, 4) is 11.5 Å². The third-order valence-corrected chi connectivity index (χ3v) is 9.02. The van der Waals surface area contributed by atoms with Crippen LogP contribution in [0.25, 0.3) is 6.08 Å². The van der Waals surface area contributed by atoms with Crippen LogP contribution in [0, 0.1) is 0 Å². The fraction of sp³-hybridized carbons (Fsp3) is 0.0769. The van der Waals surface area contributed by atoms with Crippen molar-refractivity contribution < 1.29 is 33.8 Å². The molecule has 0 saturated carbocycles. The van der Waals surface area contributed by atoms with Crippen LogP contribution in [0.3, 0.4) is 0 Å². The number of carbonyl (C=O) groups is 4. The van der Waals surface area contributed by atoms with Gasteiger partial charge in [0, 0.05) is 16.1 Å². The Morgan fingerprint density at radius 3 is 2.06 bits per heavy atom. The van der Waals surface area contributed by atoms with Crippen LogP contribution in [0.5, 0.6) is 11.5 Å². The zero-order valence-electron chi connectivity index (χ0n) is 27.4. The van der Waals surface area contributed by atoms with Crippen LogP contribution in [-0.2, 0) is 9.59 Å². The summed E-state index contributed by atoms with van der Waals surface area (Å²) in [5, 5.41) is 17.2.